The zero-order chi connectivity index (χ0) is 13.1. The maximum absolute atomic E-state index is 5.89. The second-order valence-electron chi connectivity index (χ2n) is 4.34. The Morgan fingerprint density at radius 3 is 2.78 bits per heavy atom. The normalized spacial score (nSPS) is 10.9. The Hall–Kier alpha value is -1.06. The van der Waals surface area contributed by atoms with Gasteiger partial charge in [0.15, 0.2) is 0 Å². The van der Waals surface area contributed by atoms with Crippen LogP contribution in [0, 0.1) is 0 Å². The van der Waals surface area contributed by atoms with Crippen molar-refractivity contribution < 1.29 is 4.74 Å². The summed E-state index contributed by atoms with van der Waals surface area (Å²) in [6.07, 6.45) is 0. The molecule has 4 heteroatoms. The Bertz CT molecular complexity index is 536. The standard InChI is InChI=1S/C14H16ClNOS/c1-9(2)14-13(16-12(8-15)18-14)10-5-4-6-11(7-10)17-3/h4-7,9H,8H2,1-3H3. The molecule has 1 heterocycles. The van der Waals surface area contributed by atoms with Gasteiger partial charge in [0, 0.05) is 10.4 Å². The predicted octanol–water partition coefficient (Wildman–Crippen LogP) is 4.68. The van der Waals surface area contributed by atoms with Crippen LogP contribution in [0.5, 0.6) is 5.75 Å². The van der Waals surface area contributed by atoms with E-state index in [2.05, 4.69) is 24.9 Å². The van der Waals surface area contributed by atoms with Gasteiger partial charge in [-0.25, -0.2) is 4.98 Å². The number of alkyl halides is 1. The highest BCUT2D eigenvalue weighted by molar-refractivity contribution is 7.12. The average molecular weight is 282 g/mol. The van der Waals surface area contributed by atoms with E-state index in [1.165, 1.54) is 4.88 Å². The molecule has 0 fully saturated rings. The first-order valence-corrected chi connectivity index (χ1v) is 7.20. The zero-order valence-electron chi connectivity index (χ0n) is 10.7. The van der Waals surface area contributed by atoms with E-state index in [0.717, 1.165) is 22.0 Å². The van der Waals surface area contributed by atoms with Crippen LogP contribution in [0.4, 0.5) is 0 Å². The van der Waals surface area contributed by atoms with E-state index >= 15 is 0 Å². The third-order valence-corrected chi connectivity index (χ3v) is 4.45. The molecule has 1 aromatic heterocycles. The van der Waals surface area contributed by atoms with E-state index < -0.39 is 0 Å². The Morgan fingerprint density at radius 2 is 2.17 bits per heavy atom. The van der Waals surface area contributed by atoms with Crippen LogP contribution in [-0.4, -0.2) is 12.1 Å². The van der Waals surface area contributed by atoms with Gasteiger partial charge in [-0.3, -0.25) is 0 Å². The molecular weight excluding hydrogens is 266 g/mol. The van der Waals surface area contributed by atoms with Crippen molar-refractivity contribution in [3.63, 3.8) is 0 Å². The highest BCUT2D eigenvalue weighted by Crippen LogP contribution is 2.35. The second-order valence-corrected chi connectivity index (χ2v) is 5.72. The van der Waals surface area contributed by atoms with Crippen LogP contribution in [0.3, 0.4) is 0 Å². The van der Waals surface area contributed by atoms with E-state index in [0.29, 0.717) is 11.8 Å². The van der Waals surface area contributed by atoms with Crippen LogP contribution in [0.15, 0.2) is 24.3 Å². The van der Waals surface area contributed by atoms with E-state index in [-0.39, 0.29) is 0 Å². The average Bonchev–Trinajstić information content (AvgIpc) is 2.83. The first-order chi connectivity index (χ1) is 8.65. The van der Waals surface area contributed by atoms with Crippen molar-refractivity contribution in [1.82, 2.24) is 4.98 Å². The third-order valence-electron chi connectivity index (χ3n) is 2.68. The number of benzene rings is 1. The van der Waals surface area contributed by atoms with Crippen molar-refractivity contribution in [2.24, 2.45) is 0 Å². The zero-order valence-corrected chi connectivity index (χ0v) is 12.3. The van der Waals surface area contributed by atoms with Gasteiger partial charge < -0.3 is 4.74 Å². The van der Waals surface area contributed by atoms with E-state index in [1.807, 2.05) is 18.2 Å². The van der Waals surface area contributed by atoms with Gasteiger partial charge in [0.2, 0.25) is 0 Å². The van der Waals surface area contributed by atoms with Gasteiger partial charge in [-0.1, -0.05) is 26.0 Å². The molecule has 0 amide bonds. The summed E-state index contributed by atoms with van der Waals surface area (Å²) in [5.74, 6) is 1.76. The molecule has 1 aromatic carbocycles. The van der Waals surface area contributed by atoms with Crippen molar-refractivity contribution in [3.8, 4) is 17.0 Å². The molecule has 0 radical (unpaired) electrons. The van der Waals surface area contributed by atoms with Crippen LogP contribution in [0.25, 0.3) is 11.3 Å². The van der Waals surface area contributed by atoms with Gasteiger partial charge >= 0.3 is 0 Å². The quantitative estimate of drug-likeness (QED) is 0.759. The van der Waals surface area contributed by atoms with E-state index in [9.17, 15) is 0 Å². The number of thiazole rings is 1. The molecule has 0 unspecified atom stereocenters. The molecule has 0 spiro atoms. The topological polar surface area (TPSA) is 22.1 Å². The Morgan fingerprint density at radius 1 is 1.39 bits per heavy atom. The molecule has 0 bridgehead atoms. The van der Waals surface area contributed by atoms with Gasteiger partial charge in [0.05, 0.1) is 18.7 Å². The van der Waals surface area contributed by atoms with Crippen LogP contribution < -0.4 is 4.74 Å². The monoisotopic (exact) mass is 281 g/mol. The van der Waals surface area contributed by atoms with Crippen molar-refractivity contribution in [2.45, 2.75) is 25.6 Å². The van der Waals surface area contributed by atoms with Crippen molar-refractivity contribution in [1.29, 1.82) is 0 Å². The van der Waals surface area contributed by atoms with Gasteiger partial charge in [0.25, 0.3) is 0 Å². The highest BCUT2D eigenvalue weighted by atomic mass is 35.5. The van der Waals surface area contributed by atoms with E-state index in [1.54, 1.807) is 18.4 Å². The first-order valence-electron chi connectivity index (χ1n) is 5.85. The minimum absolute atomic E-state index is 0.445. The summed E-state index contributed by atoms with van der Waals surface area (Å²) in [6.45, 7) is 4.35. The molecule has 0 N–H and O–H groups in total. The summed E-state index contributed by atoms with van der Waals surface area (Å²) in [4.78, 5) is 5.90. The SMILES string of the molecule is COc1cccc(-c2nc(CCl)sc2C(C)C)c1. The van der Waals surface area contributed by atoms with E-state index in [4.69, 9.17) is 16.3 Å². The molecular formula is C14H16ClNOS. The lowest BCUT2D eigenvalue weighted by Gasteiger charge is -2.06. The summed E-state index contributed by atoms with van der Waals surface area (Å²) >= 11 is 7.58. The molecule has 0 aliphatic carbocycles. The number of aromatic nitrogens is 1. The van der Waals surface area contributed by atoms with Crippen LogP contribution in [0.1, 0.15) is 29.7 Å². The maximum Gasteiger partial charge on any atom is 0.119 e. The summed E-state index contributed by atoms with van der Waals surface area (Å²) < 4.78 is 5.26. The first kappa shape index (κ1) is 13.4. The molecule has 0 saturated carbocycles. The Labute approximate surface area is 117 Å². The minimum atomic E-state index is 0.445. The van der Waals surface area contributed by atoms with Crippen LogP contribution in [-0.2, 0) is 5.88 Å². The Balaban J connectivity index is 2.51. The van der Waals surface area contributed by atoms with Crippen molar-refractivity contribution in [2.75, 3.05) is 7.11 Å². The lowest BCUT2D eigenvalue weighted by molar-refractivity contribution is 0.415. The fourth-order valence-electron chi connectivity index (χ4n) is 1.80. The predicted molar refractivity (Wildman–Crippen MR) is 77.7 cm³/mol. The molecule has 2 rings (SSSR count). The number of halogens is 1. The largest absolute Gasteiger partial charge is 0.497 e. The molecule has 0 aliphatic rings. The molecule has 0 saturated heterocycles. The molecule has 2 nitrogen and oxygen atoms in total. The van der Waals surface area contributed by atoms with Gasteiger partial charge in [-0.15, -0.1) is 22.9 Å². The Kier molecular flexibility index (Phi) is 4.25. The molecule has 0 atom stereocenters. The summed E-state index contributed by atoms with van der Waals surface area (Å²) in [5.41, 5.74) is 2.12. The van der Waals surface area contributed by atoms with Crippen molar-refractivity contribution >= 4 is 22.9 Å². The molecule has 2 aromatic rings. The van der Waals surface area contributed by atoms with Crippen LogP contribution >= 0.6 is 22.9 Å². The fraction of sp³-hybridized carbons (Fsp3) is 0.357. The lowest BCUT2D eigenvalue weighted by atomic mass is 10.1. The number of rotatable bonds is 4. The number of methoxy groups -OCH3 is 1. The second kappa shape index (κ2) is 5.72. The summed E-state index contributed by atoms with van der Waals surface area (Å²) in [7, 11) is 1.67. The molecule has 0 aliphatic heterocycles. The molecule has 96 valence electrons. The van der Waals surface area contributed by atoms with Gasteiger partial charge in [-0.05, 0) is 18.1 Å². The van der Waals surface area contributed by atoms with Crippen molar-refractivity contribution in [3.05, 3.63) is 34.2 Å². The molecule has 18 heavy (non-hydrogen) atoms. The summed E-state index contributed by atoms with van der Waals surface area (Å²) in [5, 5.41) is 0.971. The lowest BCUT2D eigenvalue weighted by Crippen LogP contribution is -1.89. The third kappa shape index (κ3) is 2.68. The maximum atomic E-state index is 5.89. The van der Waals surface area contributed by atoms with Gasteiger partial charge in [-0.2, -0.15) is 0 Å². The highest BCUT2D eigenvalue weighted by Gasteiger charge is 2.15. The number of hydrogen-bond acceptors (Lipinski definition) is 3. The van der Waals surface area contributed by atoms with Crippen LogP contribution in [0.2, 0.25) is 0 Å². The fourth-order valence-corrected chi connectivity index (χ4v) is 2.97. The smallest absolute Gasteiger partial charge is 0.119 e. The number of hydrogen-bond donors (Lipinski definition) is 0. The number of ether oxygens (including phenoxy) is 1. The minimum Gasteiger partial charge on any atom is -0.497 e. The number of nitrogens with zero attached hydrogens (tertiary/aromatic N) is 1. The van der Waals surface area contributed by atoms with Gasteiger partial charge in [0.1, 0.15) is 10.8 Å². The summed E-state index contributed by atoms with van der Waals surface area (Å²) in [6, 6.07) is 7.99.